The second-order valence-corrected chi connectivity index (χ2v) is 4.65. The van der Waals surface area contributed by atoms with E-state index in [0.29, 0.717) is 5.92 Å². The van der Waals surface area contributed by atoms with Gasteiger partial charge in [-0.3, -0.25) is 9.98 Å². The summed E-state index contributed by atoms with van der Waals surface area (Å²) in [5.74, 6) is 1.48. The molecule has 19 heavy (non-hydrogen) atoms. The third-order valence-electron chi connectivity index (χ3n) is 2.39. The van der Waals surface area contributed by atoms with Gasteiger partial charge >= 0.3 is 0 Å². The molecule has 0 spiro atoms. The number of nitrogens with one attached hydrogen (secondary N) is 2. The van der Waals surface area contributed by atoms with Gasteiger partial charge in [-0.2, -0.15) is 0 Å². The topological polar surface area (TPSA) is 49.3 Å². The number of aliphatic imine (C=N–C) groups is 1. The molecule has 1 aromatic heterocycles. The summed E-state index contributed by atoms with van der Waals surface area (Å²) < 4.78 is 0. The SMILES string of the molecule is CCNC(=NCC(C)C)NCCc1cccnc1.I. The Morgan fingerprint density at radius 1 is 1.37 bits per heavy atom. The van der Waals surface area contributed by atoms with Crippen LogP contribution in [0.2, 0.25) is 0 Å². The summed E-state index contributed by atoms with van der Waals surface area (Å²) in [6.07, 6.45) is 4.66. The Morgan fingerprint density at radius 2 is 2.16 bits per heavy atom. The molecule has 1 aromatic rings. The minimum Gasteiger partial charge on any atom is -0.357 e. The molecule has 0 unspecified atom stereocenters. The highest BCUT2D eigenvalue weighted by atomic mass is 127. The number of pyridine rings is 1. The van der Waals surface area contributed by atoms with Crippen LogP contribution in [-0.4, -0.2) is 30.6 Å². The lowest BCUT2D eigenvalue weighted by Gasteiger charge is -2.11. The molecule has 2 N–H and O–H groups in total. The van der Waals surface area contributed by atoms with Crippen LogP contribution in [0.4, 0.5) is 0 Å². The first-order chi connectivity index (χ1) is 8.72. The van der Waals surface area contributed by atoms with Gasteiger partial charge in [0.25, 0.3) is 0 Å². The molecule has 0 atom stereocenters. The van der Waals surface area contributed by atoms with E-state index in [9.17, 15) is 0 Å². The maximum Gasteiger partial charge on any atom is 0.191 e. The molecular formula is C14H25IN4. The van der Waals surface area contributed by atoms with Crippen LogP contribution in [0.3, 0.4) is 0 Å². The molecule has 0 radical (unpaired) electrons. The standard InChI is InChI=1S/C14H24N4.HI/c1-4-16-14(18-10-12(2)3)17-9-7-13-6-5-8-15-11-13;/h5-6,8,11-12H,4,7,9-10H2,1-3H3,(H2,16,17,18);1H. The molecule has 5 heteroatoms. The molecule has 4 nitrogen and oxygen atoms in total. The van der Waals surface area contributed by atoms with E-state index in [1.165, 1.54) is 5.56 Å². The summed E-state index contributed by atoms with van der Waals surface area (Å²) in [4.78, 5) is 8.63. The van der Waals surface area contributed by atoms with E-state index in [1.54, 1.807) is 6.20 Å². The molecular weight excluding hydrogens is 351 g/mol. The molecule has 0 amide bonds. The van der Waals surface area contributed by atoms with Crippen molar-refractivity contribution in [1.29, 1.82) is 0 Å². The van der Waals surface area contributed by atoms with Crippen molar-refractivity contribution in [3.05, 3.63) is 30.1 Å². The van der Waals surface area contributed by atoms with E-state index in [-0.39, 0.29) is 24.0 Å². The van der Waals surface area contributed by atoms with Gasteiger partial charge in [0.05, 0.1) is 0 Å². The average molecular weight is 376 g/mol. The Morgan fingerprint density at radius 3 is 2.74 bits per heavy atom. The zero-order valence-electron chi connectivity index (χ0n) is 12.0. The summed E-state index contributed by atoms with van der Waals surface area (Å²) in [7, 11) is 0. The van der Waals surface area contributed by atoms with Crippen LogP contribution >= 0.6 is 24.0 Å². The Labute approximate surface area is 133 Å². The highest BCUT2D eigenvalue weighted by molar-refractivity contribution is 14.0. The monoisotopic (exact) mass is 376 g/mol. The van der Waals surface area contributed by atoms with Crippen LogP contribution in [-0.2, 0) is 6.42 Å². The predicted molar refractivity (Wildman–Crippen MR) is 92.2 cm³/mol. The van der Waals surface area contributed by atoms with E-state index in [2.05, 4.69) is 47.4 Å². The minimum absolute atomic E-state index is 0. The summed E-state index contributed by atoms with van der Waals surface area (Å²) in [6, 6.07) is 4.06. The van der Waals surface area contributed by atoms with Gasteiger partial charge in [-0.1, -0.05) is 19.9 Å². The molecule has 0 saturated carbocycles. The van der Waals surface area contributed by atoms with E-state index in [4.69, 9.17) is 0 Å². The van der Waals surface area contributed by atoms with Gasteiger partial charge in [0.1, 0.15) is 0 Å². The predicted octanol–water partition coefficient (Wildman–Crippen LogP) is 2.45. The fraction of sp³-hybridized carbons (Fsp3) is 0.571. The van der Waals surface area contributed by atoms with E-state index in [1.807, 2.05) is 12.3 Å². The van der Waals surface area contributed by atoms with Crippen molar-refractivity contribution in [2.45, 2.75) is 27.2 Å². The van der Waals surface area contributed by atoms with Gasteiger partial charge in [-0.15, -0.1) is 24.0 Å². The van der Waals surface area contributed by atoms with Gasteiger partial charge in [0.2, 0.25) is 0 Å². The first-order valence-electron chi connectivity index (χ1n) is 6.63. The average Bonchev–Trinajstić information content (AvgIpc) is 2.37. The highest BCUT2D eigenvalue weighted by Gasteiger charge is 1.98. The summed E-state index contributed by atoms with van der Waals surface area (Å²) >= 11 is 0. The van der Waals surface area contributed by atoms with Crippen molar-refractivity contribution in [1.82, 2.24) is 15.6 Å². The number of rotatable bonds is 6. The van der Waals surface area contributed by atoms with Crippen molar-refractivity contribution in [2.24, 2.45) is 10.9 Å². The third-order valence-corrected chi connectivity index (χ3v) is 2.39. The van der Waals surface area contributed by atoms with Crippen LogP contribution in [0.5, 0.6) is 0 Å². The van der Waals surface area contributed by atoms with Gasteiger partial charge in [-0.05, 0) is 30.9 Å². The Balaban J connectivity index is 0.00000324. The van der Waals surface area contributed by atoms with Crippen LogP contribution in [0.25, 0.3) is 0 Å². The maximum absolute atomic E-state index is 4.52. The Kier molecular flexibility index (Phi) is 10.5. The number of hydrogen-bond donors (Lipinski definition) is 2. The van der Waals surface area contributed by atoms with Crippen molar-refractivity contribution < 1.29 is 0 Å². The van der Waals surface area contributed by atoms with Crippen LogP contribution in [0, 0.1) is 5.92 Å². The van der Waals surface area contributed by atoms with Gasteiger partial charge in [0.15, 0.2) is 5.96 Å². The lowest BCUT2D eigenvalue weighted by molar-refractivity contribution is 0.656. The molecule has 108 valence electrons. The van der Waals surface area contributed by atoms with Gasteiger partial charge in [-0.25, -0.2) is 0 Å². The molecule has 0 aliphatic carbocycles. The second kappa shape index (κ2) is 11.0. The summed E-state index contributed by atoms with van der Waals surface area (Å²) in [5, 5.41) is 6.58. The van der Waals surface area contributed by atoms with Crippen molar-refractivity contribution in [3.63, 3.8) is 0 Å². The molecule has 1 heterocycles. The Hall–Kier alpha value is -0.850. The van der Waals surface area contributed by atoms with Gasteiger partial charge in [0, 0.05) is 32.0 Å². The van der Waals surface area contributed by atoms with Crippen molar-refractivity contribution in [3.8, 4) is 0 Å². The van der Waals surface area contributed by atoms with E-state index < -0.39 is 0 Å². The maximum atomic E-state index is 4.52. The van der Waals surface area contributed by atoms with E-state index >= 15 is 0 Å². The number of guanidine groups is 1. The number of nitrogens with zero attached hydrogens (tertiary/aromatic N) is 2. The first-order valence-corrected chi connectivity index (χ1v) is 6.63. The summed E-state index contributed by atoms with van der Waals surface area (Å²) in [5.41, 5.74) is 1.24. The number of aromatic nitrogens is 1. The molecule has 0 aromatic carbocycles. The molecule has 1 rings (SSSR count). The van der Waals surface area contributed by atoms with Crippen molar-refractivity contribution >= 4 is 29.9 Å². The largest absolute Gasteiger partial charge is 0.357 e. The lowest BCUT2D eigenvalue weighted by Crippen LogP contribution is -2.38. The van der Waals surface area contributed by atoms with Crippen LogP contribution in [0.1, 0.15) is 26.3 Å². The molecule has 0 bridgehead atoms. The highest BCUT2D eigenvalue weighted by Crippen LogP contribution is 1.95. The molecule has 0 aliphatic rings. The van der Waals surface area contributed by atoms with Gasteiger partial charge < -0.3 is 10.6 Å². The summed E-state index contributed by atoms with van der Waals surface area (Å²) in [6.45, 7) is 9.02. The number of hydrogen-bond acceptors (Lipinski definition) is 2. The Bertz CT molecular complexity index is 352. The van der Waals surface area contributed by atoms with Crippen LogP contribution < -0.4 is 10.6 Å². The lowest BCUT2D eigenvalue weighted by atomic mass is 10.2. The fourth-order valence-corrected chi connectivity index (χ4v) is 1.49. The van der Waals surface area contributed by atoms with E-state index in [0.717, 1.165) is 32.0 Å². The zero-order valence-corrected chi connectivity index (χ0v) is 14.3. The first kappa shape index (κ1) is 18.1. The third kappa shape index (κ3) is 8.80. The fourth-order valence-electron chi connectivity index (χ4n) is 1.49. The second-order valence-electron chi connectivity index (χ2n) is 4.65. The normalized spacial score (nSPS) is 11.1. The number of halogens is 1. The van der Waals surface area contributed by atoms with Crippen LogP contribution in [0.15, 0.2) is 29.5 Å². The molecule has 0 fully saturated rings. The molecule has 0 saturated heterocycles. The zero-order chi connectivity index (χ0) is 13.2. The minimum atomic E-state index is 0. The van der Waals surface area contributed by atoms with Crippen molar-refractivity contribution in [2.75, 3.05) is 19.6 Å². The smallest absolute Gasteiger partial charge is 0.191 e. The quantitative estimate of drug-likeness (QED) is 0.456. The molecule has 0 aliphatic heterocycles.